The van der Waals surface area contributed by atoms with Gasteiger partial charge in [-0.1, -0.05) is 18.2 Å². The van der Waals surface area contributed by atoms with Crippen LogP contribution in [0.15, 0.2) is 35.4 Å². The molecule has 4 rings (SSSR count). The highest BCUT2D eigenvalue weighted by Gasteiger charge is 2.65. The fourth-order valence-electron chi connectivity index (χ4n) is 3.91. The van der Waals surface area contributed by atoms with Crippen LogP contribution in [0.5, 0.6) is 0 Å². The van der Waals surface area contributed by atoms with E-state index in [2.05, 4.69) is 0 Å². The fraction of sp³-hybridized carbons (Fsp3) is 0.333. The average Bonchev–Trinajstić information content (AvgIpc) is 3.07. The highest BCUT2D eigenvalue weighted by atomic mass is 16.6. The highest BCUT2D eigenvalue weighted by Crippen LogP contribution is 2.53. The average molecular weight is 357 g/mol. The lowest BCUT2D eigenvalue weighted by Gasteiger charge is -2.35. The second-order valence-corrected chi connectivity index (χ2v) is 6.13. The molecule has 1 aromatic carbocycles. The summed E-state index contributed by atoms with van der Waals surface area (Å²) in [7, 11) is 2.31. The molecule has 3 aliphatic rings. The highest BCUT2D eigenvalue weighted by molar-refractivity contribution is 6.12. The summed E-state index contributed by atoms with van der Waals surface area (Å²) in [6.07, 6.45) is -1.29. The zero-order valence-electron chi connectivity index (χ0n) is 14.1. The minimum atomic E-state index is -1.67. The largest absolute Gasteiger partial charge is 0.466 e. The number of Topliss-reactive ketones (excluding diaryl/α,β-unsaturated/α-hetero) is 1. The van der Waals surface area contributed by atoms with Crippen LogP contribution in [0.2, 0.25) is 0 Å². The topological polar surface area (TPSA) is 99.2 Å². The number of esters is 2. The summed E-state index contributed by atoms with van der Waals surface area (Å²) < 4.78 is 15.6. The van der Waals surface area contributed by atoms with E-state index in [1.165, 1.54) is 4.90 Å². The molecular weight excluding hydrogens is 342 g/mol. The summed E-state index contributed by atoms with van der Waals surface area (Å²) in [5.74, 6) is -2.48. The molecule has 0 radical (unpaired) electrons. The van der Waals surface area contributed by atoms with Gasteiger partial charge < -0.3 is 19.1 Å². The molecule has 1 aromatic rings. The molecule has 8 nitrogen and oxygen atoms in total. The van der Waals surface area contributed by atoms with Crippen molar-refractivity contribution in [1.82, 2.24) is 4.90 Å². The number of ether oxygens (including phenoxy) is 3. The summed E-state index contributed by atoms with van der Waals surface area (Å²) in [6, 6.07) is 6.65. The molecule has 0 aliphatic carbocycles. The molecule has 0 saturated carbocycles. The van der Waals surface area contributed by atoms with Crippen LogP contribution in [-0.2, 0) is 34.3 Å². The summed E-state index contributed by atoms with van der Waals surface area (Å²) in [6.45, 7) is 0.0673. The van der Waals surface area contributed by atoms with E-state index in [0.717, 1.165) is 14.2 Å². The third kappa shape index (κ3) is 1.82. The molecule has 0 N–H and O–H groups in total. The van der Waals surface area contributed by atoms with E-state index in [0.29, 0.717) is 11.1 Å². The molecule has 1 amide bonds. The van der Waals surface area contributed by atoms with Crippen LogP contribution in [0, 0.1) is 0 Å². The van der Waals surface area contributed by atoms with Crippen LogP contribution in [0.4, 0.5) is 0 Å². The van der Waals surface area contributed by atoms with Gasteiger partial charge in [0.2, 0.25) is 5.72 Å². The number of rotatable bonds is 2. The van der Waals surface area contributed by atoms with Crippen molar-refractivity contribution < 1.29 is 33.4 Å². The third-order valence-electron chi connectivity index (χ3n) is 4.98. The summed E-state index contributed by atoms with van der Waals surface area (Å²) >= 11 is 0. The van der Waals surface area contributed by atoms with Crippen LogP contribution in [0.1, 0.15) is 22.3 Å². The van der Waals surface area contributed by atoms with Crippen LogP contribution < -0.4 is 0 Å². The zero-order chi connectivity index (χ0) is 18.6. The first-order chi connectivity index (χ1) is 12.5. The smallest absolute Gasteiger partial charge is 0.339 e. The van der Waals surface area contributed by atoms with Gasteiger partial charge in [0.1, 0.15) is 5.57 Å². The molecule has 134 valence electrons. The number of hydrogen-bond acceptors (Lipinski definition) is 7. The van der Waals surface area contributed by atoms with E-state index < -0.39 is 29.6 Å². The Kier molecular flexibility index (Phi) is 3.48. The minimum Gasteiger partial charge on any atom is -0.466 e. The Bertz CT molecular complexity index is 903. The van der Waals surface area contributed by atoms with Gasteiger partial charge in [-0.3, -0.25) is 9.59 Å². The van der Waals surface area contributed by atoms with E-state index in [-0.39, 0.29) is 30.0 Å². The number of carbonyl (C=O) groups is 4. The number of amides is 1. The number of fused-ring (bicyclic) bond motifs is 2. The lowest BCUT2D eigenvalue weighted by molar-refractivity contribution is -0.151. The molecule has 8 heteroatoms. The van der Waals surface area contributed by atoms with Crippen molar-refractivity contribution in [3.8, 4) is 0 Å². The van der Waals surface area contributed by atoms with Crippen molar-refractivity contribution >= 4 is 23.6 Å². The maximum atomic E-state index is 12.9. The van der Waals surface area contributed by atoms with Gasteiger partial charge in [-0.15, -0.1) is 0 Å². The van der Waals surface area contributed by atoms with Gasteiger partial charge in [-0.25, -0.2) is 9.59 Å². The number of ketones is 1. The van der Waals surface area contributed by atoms with Gasteiger partial charge in [0, 0.05) is 24.1 Å². The second kappa shape index (κ2) is 5.50. The van der Waals surface area contributed by atoms with Crippen LogP contribution in [0.25, 0.3) is 0 Å². The molecule has 2 bridgehead atoms. The van der Waals surface area contributed by atoms with Gasteiger partial charge in [0.25, 0.3) is 5.91 Å². The summed E-state index contributed by atoms with van der Waals surface area (Å²) in [5, 5.41) is 0. The zero-order valence-corrected chi connectivity index (χ0v) is 14.1. The van der Waals surface area contributed by atoms with E-state index >= 15 is 0 Å². The van der Waals surface area contributed by atoms with Crippen molar-refractivity contribution in [2.75, 3.05) is 20.8 Å². The van der Waals surface area contributed by atoms with Crippen LogP contribution >= 0.6 is 0 Å². The maximum absolute atomic E-state index is 12.9. The molecule has 1 spiro atoms. The van der Waals surface area contributed by atoms with Crippen molar-refractivity contribution in [1.29, 1.82) is 0 Å². The monoisotopic (exact) mass is 357 g/mol. The van der Waals surface area contributed by atoms with Gasteiger partial charge in [-0.05, 0) is 6.07 Å². The Balaban J connectivity index is 2.09. The Labute approximate surface area is 148 Å². The Morgan fingerprint density at radius 2 is 1.85 bits per heavy atom. The lowest BCUT2D eigenvalue weighted by atomic mass is 9.89. The van der Waals surface area contributed by atoms with Crippen molar-refractivity contribution in [2.24, 2.45) is 0 Å². The van der Waals surface area contributed by atoms with Crippen molar-refractivity contribution in [2.45, 2.75) is 18.2 Å². The lowest BCUT2D eigenvalue weighted by Crippen LogP contribution is -2.47. The molecule has 3 aliphatic heterocycles. The molecule has 0 aromatic heterocycles. The molecule has 2 atom stereocenters. The van der Waals surface area contributed by atoms with Gasteiger partial charge >= 0.3 is 11.9 Å². The number of benzene rings is 1. The van der Waals surface area contributed by atoms with Crippen LogP contribution in [0.3, 0.4) is 0 Å². The first-order valence-corrected chi connectivity index (χ1v) is 8.00. The number of methoxy groups -OCH3 is 2. The molecule has 1 saturated heterocycles. The molecule has 3 heterocycles. The first kappa shape index (κ1) is 16.5. The Hall–Kier alpha value is -3.00. The SMILES string of the molecule is COC(=O)C1=C(C(=O)OC)C23OC1C(=O)CCN2C(=O)c1ccccc13. The predicted molar refractivity (Wildman–Crippen MR) is 84.7 cm³/mol. The third-order valence-corrected chi connectivity index (χ3v) is 4.98. The fourth-order valence-corrected chi connectivity index (χ4v) is 3.91. The van der Waals surface area contributed by atoms with E-state index in [1.807, 2.05) is 0 Å². The molecular formula is C18H15NO7. The molecule has 26 heavy (non-hydrogen) atoms. The quantitative estimate of drug-likeness (QED) is 0.702. The van der Waals surface area contributed by atoms with Gasteiger partial charge in [0.15, 0.2) is 11.9 Å². The van der Waals surface area contributed by atoms with E-state index in [4.69, 9.17) is 14.2 Å². The Morgan fingerprint density at radius 1 is 1.15 bits per heavy atom. The van der Waals surface area contributed by atoms with Crippen LogP contribution in [-0.4, -0.2) is 55.4 Å². The normalized spacial score (nSPS) is 26.4. The number of carbonyl (C=O) groups excluding carboxylic acids is 4. The van der Waals surface area contributed by atoms with Gasteiger partial charge in [-0.2, -0.15) is 0 Å². The number of hydrogen-bond donors (Lipinski definition) is 0. The van der Waals surface area contributed by atoms with Gasteiger partial charge in [0.05, 0.1) is 19.8 Å². The number of nitrogens with zero attached hydrogens (tertiary/aromatic N) is 1. The standard InChI is InChI=1S/C18H15NO7/c1-24-16(22)12-13(17(23)25-2)18-10-6-4-3-5-9(10)15(21)19(18)8-7-11(20)14(12)26-18/h3-6,14H,7-8H2,1-2H3. The maximum Gasteiger partial charge on any atom is 0.339 e. The van der Waals surface area contributed by atoms with Crippen molar-refractivity contribution in [3.05, 3.63) is 46.5 Å². The molecule has 1 fully saturated rings. The van der Waals surface area contributed by atoms with E-state index in [1.54, 1.807) is 24.3 Å². The second-order valence-electron chi connectivity index (χ2n) is 6.13. The van der Waals surface area contributed by atoms with E-state index in [9.17, 15) is 19.2 Å². The van der Waals surface area contributed by atoms with Crippen molar-refractivity contribution in [3.63, 3.8) is 0 Å². The minimum absolute atomic E-state index is 0.00108. The predicted octanol–water partition coefficient (Wildman–Crippen LogP) is 0.309. The Morgan fingerprint density at radius 3 is 2.54 bits per heavy atom. The summed E-state index contributed by atoms with van der Waals surface area (Å²) in [5.41, 5.74) is -1.29. The first-order valence-electron chi connectivity index (χ1n) is 8.00. The summed E-state index contributed by atoms with van der Waals surface area (Å²) in [4.78, 5) is 51.8. The molecule has 2 unspecified atom stereocenters.